The maximum absolute atomic E-state index is 5.95. The highest BCUT2D eigenvalue weighted by molar-refractivity contribution is 7.09. The molecule has 2 aromatic rings. The number of nitrogens with zero attached hydrogens (tertiary/aromatic N) is 1. The van der Waals surface area contributed by atoms with Gasteiger partial charge in [0.05, 0.1) is 10.7 Å². The van der Waals surface area contributed by atoms with Crippen LogP contribution < -0.4 is 5.73 Å². The average molecular weight is 267 g/mol. The van der Waals surface area contributed by atoms with Gasteiger partial charge in [0.2, 0.25) is 0 Å². The fraction of sp³-hybridized carbons (Fsp3) is 0.308. The Labute approximate surface area is 110 Å². The molecule has 0 saturated heterocycles. The lowest BCUT2D eigenvalue weighted by Gasteiger charge is -1.99. The number of nitrogens with two attached hydrogens (primary N) is 1. The van der Waals surface area contributed by atoms with Gasteiger partial charge in [0.25, 0.3) is 0 Å². The molecule has 17 heavy (non-hydrogen) atoms. The van der Waals surface area contributed by atoms with Crippen LogP contribution in [0.3, 0.4) is 0 Å². The summed E-state index contributed by atoms with van der Waals surface area (Å²) in [5.41, 5.74) is 7.87. The molecule has 4 heteroatoms. The zero-order valence-corrected chi connectivity index (χ0v) is 11.1. The summed E-state index contributed by atoms with van der Waals surface area (Å²) in [6.45, 7) is 0.664. The first-order valence-corrected chi connectivity index (χ1v) is 6.91. The zero-order chi connectivity index (χ0) is 12.1. The molecule has 0 saturated carbocycles. The molecule has 0 unspecified atom stereocenters. The van der Waals surface area contributed by atoms with Gasteiger partial charge >= 0.3 is 0 Å². The molecule has 0 amide bonds. The second-order valence-electron chi connectivity index (χ2n) is 3.90. The van der Waals surface area contributed by atoms with Crippen molar-refractivity contribution in [3.8, 4) is 0 Å². The number of thiazole rings is 1. The van der Waals surface area contributed by atoms with Crippen LogP contribution in [0.15, 0.2) is 29.6 Å². The van der Waals surface area contributed by atoms with E-state index in [0.29, 0.717) is 6.54 Å². The van der Waals surface area contributed by atoms with Crippen LogP contribution in [0.5, 0.6) is 0 Å². The smallest absolute Gasteiger partial charge is 0.0931 e. The Morgan fingerprint density at radius 3 is 2.88 bits per heavy atom. The SMILES string of the molecule is NCCc1csc(CCc2cccc(Cl)c2)n1. The van der Waals surface area contributed by atoms with Crippen LogP contribution in [-0.2, 0) is 19.3 Å². The Morgan fingerprint density at radius 1 is 1.24 bits per heavy atom. The van der Waals surface area contributed by atoms with Crippen molar-refractivity contribution < 1.29 is 0 Å². The molecule has 0 atom stereocenters. The molecular weight excluding hydrogens is 252 g/mol. The lowest BCUT2D eigenvalue weighted by Crippen LogP contribution is -2.03. The second-order valence-corrected chi connectivity index (χ2v) is 5.28. The van der Waals surface area contributed by atoms with Crippen molar-refractivity contribution in [3.05, 3.63) is 50.9 Å². The Bertz CT molecular complexity index is 482. The summed E-state index contributed by atoms with van der Waals surface area (Å²) in [6.07, 6.45) is 2.82. The minimum Gasteiger partial charge on any atom is -0.330 e. The maximum Gasteiger partial charge on any atom is 0.0931 e. The molecule has 1 heterocycles. The fourth-order valence-corrected chi connectivity index (χ4v) is 2.72. The third-order valence-corrected chi connectivity index (χ3v) is 3.71. The third kappa shape index (κ3) is 3.80. The van der Waals surface area contributed by atoms with E-state index in [1.165, 1.54) is 10.6 Å². The number of aryl methyl sites for hydroxylation is 2. The van der Waals surface area contributed by atoms with Gasteiger partial charge in [-0.05, 0) is 30.7 Å². The fourth-order valence-electron chi connectivity index (χ4n) is 1.67. The van der Waals surface area contributed by atoms with Crippen LogP contribution in [0.25, 0.3) is 0 Å². The first-order valence-electron chi connectivity index (χ1n) is 5.65. The van der Waals surface area contributed by atoms with Gasteiger partial charge in [0.1, 0.15) is 0 Å². The topological polar surface area (TPSA) is 38.9 Å². The molecule has 0 radical (unpaired) electrons. The first kappa shape index (κ1) is 12.6. The number of rotatable bonds is 5. The molecule has 0 aliphatic rings. The molecule has 0 aliphatic heterocycles. The van der Waals surface area contributed by atoms with E-state index in [-0.39, 0.29) is 0 Å². The van der Waals surface area contributed by atoms with Gasteiger partial charge in [-0.3, -0.25) is 0 Å². The predicted octanol–water partition coefficient (Wildman–Crippen LogP) is 3.08. The summed E-state index contributed by atoms with van der Waals surface area (Å²) >= 11 is 7.66. The highest BCUT2D eigenvalue weighted by Gasteiger charge is 2.02. The number of benzene rings is 1. The van der Waals surface area contributed by atoms with E-state index in [1.54, 1.807) is 11.3 Å². The molecule has 1 aromatic heterocycles. The molecule has 2 N–H and O–H groups in total. The van der Waals surface area contributed by atoms with E-state index in [9.17, 15) is 0 Å². The Kier molecular flexibility index (Phi) is 4.54. The van der Waals surface area contributed by atoms with E-state index in [0.717, 1.165) is 30.0 Å². The lowest BCUT2D eigenvalue weighted by molar-refractivity contribution is 0.893. The molecule has 0 aliphatic carbocycles. The van der Waals surface area contributed by atoms with Gasteiger partial charge in [-0.1, -0.05) is 23.7 Å². The quantitative estimate of drug-likeness (QED) is 0.903. The largest absolute Gasteiger partial charge is 0.330 e. The van der Waals surface area contributed by atoms with Crippen LogP contribution in [0.2, 0.25) is 5.02 Å². The van der Waals surface area contributed by atoms with Crippen LogP contribution >= 0.6 is 22.9 Å². The van der Waals surface area contributed by atoms with Crippen LogP contribution in [0, 0.1) is 0 Å². The monoisotopic (exact) mass is 266 g/mol. The van der Waals surface area contributed by atoms with Crippen LogP contribution in [0.1, 0.15) is 16.3 Å². The van der Waals surface area contributed by atoms with Gasteiger partial charge in [0, 0.05) is 23.2 Å². The normalized spacial score (nSPS) is 10.7. The molecule has 0 spiro atoms. The summed E-state index contributed by atoms with van der Waals surface area (Å²) in [6, 6.07) is 7.99. The van der Waals surface area contributed by atoms with E-state index < -0.39 is 0 Å². The first-order chi connectivity index (χ1) is 8.28. The van der Waals surface area contributed by atoms with Crippen molar-refractivity contribution in [2.24, 2.45) is 5.73 Å². The predicted molar refractivity (Wildman–Crippen MR) is 73.7 cm³/mol. The zero-order valence-electron chi connectivity index (χ0n) is 9.53. The summed E-state index contributed by atoms with van der Waals surface area (Å²) in [5, 5.41) is 4.07. The van der Waals surface area contributed by atoms with Crippen molar-refractivity contribution in [3.63, 3.8) is 0 Å². The maximum atomic E-state index is 5.95. The van der Waals surface area contributed by atoms with Gasteiger partial charge in [0.15, 0.2) is 0 Å². The van der Waals surface area contributed by atoms with Gasteiger partial charge in [-0.2, -0.15) is 0 Å². The third-order valence-electron chi connectivity index (χ3n) is 2.52. The van der Waals surface area contributed by atoms with Crippen molar-refractivity contribution in [1.29, 1.82) is 0 Å². The van der Waals surface area contributed by atoms with E-state index in [4.69, 9.17) is 17.3 Å². The molecule has 0 bridgehead atoms. The minimum atomic E-state index is 0.664. The lowest BCUT2D eigenvalue weighted by atomic mass is 10.1. The van der Waals surface area contributed by atoms with Crippen molar-refractivity contribution in [1.82, 2.24) is 4.98 Å². The second kappa shape index (κ2) is 6.15. The summed E-state index contributed by atoms with van der Waals surface area (Å²) in [7, 11) is 0. The Morgan fingerprint density at radius 2 is 2.12 bits per heavy atom. The molecule has 2 nitrogen and oxygen atoms in total. The number of halogens is 1. The highest BCUT2D eigenvalue weighted by atomic mass is 35.5. The van der Waals surface area contributed by atoms with Gasteiger partial charge in [-0.25, -0.2) is 4.98 Å². The van der Waals surface area contributed by atoms with Crippen molar-refractivity contribution in [2.45, 2.75) is 19.3 Å². The van der Waals surface area contributed by atoms with Gasteiger partial charge < -0.3 is 5.73 Å². The number of aromatic nitrogens is 1. The number of hydrogen-bond donors (Lipinski definition) is 1. The minimum absolute atomic E-state index is 0.664. The Balaban J connectivity index is 1.93. The molecule has 90 valence electrons. The summed E-state index contributed by atoms with van der Waals surface area (Å²) in [5.74, 6) is 0. The molecular formula is C13H15ClN2S. The van der Waals surface area contributed by atoms with E-state index in [1.807, 2.05) is 18.2 Å². The summed E-state index contributed by atoms with van der Waals surface area (Å²) in [4.78, 5) is 4.54. The van der Waals surface area contributed by atoms with Crippen molar-refractivity contribution >= 4 is 22.9 Å². The van der Waals surface area contributed by atoms with E-state index >= 15 is 0 Å². The standard InChI is InChI=1S/C13H15ClN2S/c14-11-3-1-2-10(8-11)4-5-13-16-12(6-7-15)9-17-13/h1-3,8-9H,4-7,15H2. The number of hydrogen-bond acceptors (Lipinski definition) is 3. The van der Waals surface area contributed by atoms with Gasteiger partial charge in [-0.15, -0.1) is 11.3 Å². The summed E-state index contributed by atoms with van der Waals surface area (Å²) < 4.78 is 0. The van der Waals surface area contributed by atoms with Crippen LogP contribution in [-0.4, -0.2) is 11.5 Å². The Hall–Kier alpha value is -0.900. The van der Waals surface area contributed by atoms with E-state index in [2.05, 4.69) is 16.4 Å². The molecule has 0 fully saturated rings. The average Bonchev–Trinajstić information content (AvgIpc) is 2.75. The van der Waals surface area contributed by atoms with Crippen LogP contribution in [0.4, 0.5) is 0 Å². The molecule has 2 rings (SSSR count). The van der Waals surface area contributed by atoms with Crippen molar-refractivity contribution in [2.75, 3.05) is 6.54 Å². The molecule has 1 aromatic carbocycles. The highest BCUT2D eigenvalue weighted by Crippen LogP contribution is 2.15.